The highest BCUT2D eigenvalue weighted by molar-refractivity contribution is 9.10. The number of halogens is 1. The lowest BCUT2D eigenvalue weighted by atomic mass is 9.96. The van der Waals surface area contributed by atoms with Crippen LogP contribution in [0.15, 0.2) is 10.7 Å². The molecule has 5 nitrogen and oxygen atoms in total. The van der Waals surface area contributed by atoms with Gasteiger partial charge in [-0.25, -0.2) is 9.97 Å². The SMILES string of the molecule is COCC(CO)Nc1cc(Br)nc(C(C)(C)C)n1. The van der Waals surface area contributed by atoms with Crippen molar-refractivity contribution in [3.63, 3.8) is 0 Å². The van der Waals surface area contributed by atoms with Crippen LogP contribution in [0.2, 0.25) is 0 Å². The fourth-order valence-electron chi connectivity index (χ4n) is 1.38. The van der Waals surface area contributed by atoms with Crippen molar-refractivity contribution in [2.75, 3.05) is 25.6 Å². The third-order valence-electron chi connectivity index (χ3n) is 2.31. The molecule has 1 aromatic heterocycles. The topological polar surface area (TPSA) is 67.3 Å². The van der Waals surface area contributed by atoms with Crippen LogP contribution in [0.25, 0.3) is 0 Å². The first-order chi connectivity index (χ1) is 8.36. The molecule has 1 heterocycles. The summed E-state index contributed by atoms with van der Waals surface area (Å²) < 4.78 is 5.74. The number of aliphatic hydroxyl groups excluding tert-OH is 1. The van der Waals surface area contributed by atoms with Crippen LogP contribution < -0.4 is 5.32 Å². The average molecular weight is 318 g/mol. The van der Waals surface area contributed by atoms with Crippen LogP contribution in [0.4, 0.5) is 5.82 Å². The standard InChI is InChI=1S/C12H20BrN3O2/c1-12(2,3)11-15-9(13)5-10(16-11)14-8(6-17)7-18-4/h5,8,17H,6-7H2,1-4H3,(H,14,15,16). The molecule has 0 aromatic carbocycles. The summed E-state index contributed by atoms with van der Waals surface area (Å²) in [5.74, 6) is 1.42. The highest BCUT2D eigenvalue weighted by Crippen LogP contribution is 2.22. The average Bonchev–Trinajstić information content (AvgIpc) is 2.26. The number of aliphatic hydroxyl groups is 1. The number of ether oxygens (including phenoxy) is 1. The van der Waals surface area contributed by atoms with Gasteiger partial charge in [-0.15, -0.1) is 0 Å². The Labute approximate surface area is 116 Å². The number of anilines is 1. The van der Waals surface area contributed by atoms with Crippen LogP contribution in [0, 0.1) is 0 Å². The Morgan fingerprint density at radius 3 is 2.61 bits per heavy atom. The Kier molecular flexibility index (Phi) is 5.49. The van der Waals surface area contributed by atoms with Gasteiger partial charge in [-0.2, -0.15) is 0 Å². The molecular formula is C12H20BrN3O2. The predicted molar refractivity (Wildman–Crippen MR) is 74.8 cm³/mol. The van der Waals surface area contributed by atoms with Gasteiger partial charge in [0.2, 0.25) is 0 Å². The van der Waals surface area contributed by atoms with Crippen molar-refractivity contribution >= 4 is 21.7 Å². The van der Waals surface area contributed by atoms with Crippen molar-refractivity contribution in [2.45, 2.75) is 32.2 Å². The molecule has 0 amide bonds. The van der Waals surface area contributed by atoms with E-state index in [0.29, 0.717) is 12.4 Å². The molecule has 18 heavy (non-hydrogen) atoms. The van der Waals surface area contributed by atoms with E-state index in [1.807, 2.05) is 0 Å². The minimum absolute atomic E-state index is 0.0136. The van der Waals surface area contributed by atoms with E-state index in [-0.39, 0.29) is 18.1 Å². The molecule has 1 atom stereocenters. The largest absolute Gasteiger partial charge is 0.394 e. The van der Waals surface area contributed by atoms with E-state index in [2.05, 4.69) is 52.0 Å². The maximum atomic E-state index is 9.22. The van der Waals surface area contributed by atoms with Gasteiger partial charge in [-0.3, -0.25) is 0 Å². The molecule has 1 unspecified atom stereocenters. The van der Waals surface area contributed by atoms with Crippen molar-refractivity contribution in [1.29, 1.82) is 0 Å². The van der Waals surface area contributed by atoms with Crippen LogP contribution in [-0.4, -0.2) is 41.4 Å². The van der Waals surface area contributed by atoms with E-state index in [1.54, 1.807) is 13.2 Å². The molecule has 2 N–H and O–H groups in total. The van der Waals surface area contributed by atoms with E-state index in [1.165, 1.54) is 0 Å². The molecule has 102 valence electrons. The summed E-state index contributed by atoms with van der Waals surface area (Å²) in [4.78, 5) is 8.81. The third-order valence-corrected chi connectivity index (χ3v) is 2.71. The fourth-order valence-corrected chi connectivity index (χ4v) is 1.76. The fraction of sp³-hybridized carbons (Fsp3) is 0.667. The molecule has 0 saturated carbocycles. The number of nitrogens with zero attached hydrogens (tertiary/aromatic N) is 2. The summed E-state index contributed by atoms with van der Waals surface area (Å²) in [6.45, 7) is 6.56. The zero-order valence-corrected chi connectivity index (χ0v) is 12.8. The number of hydrogen-bond acceptors (Lipinski definition) is 5. The van der Waals surface area contributed by atoms with Gasteiger partial charge >= 0.3 is 0 Å². The van der Waals surface area contributed by atoms with E-state index in [9.17, 15) is 5.11 Å². The van der Waals surface area contributed by atoms with Gasteiger partial charge in [0.15, 0.2) is 0 Å². The normalized spacial score (nSPS) is 13.4. The molecule has 1 aromatic rings. The van der Waals surface area contributed by atoms with Crippen molar-refractivity contribution in [3.05, 3.63) is 16.5 Å². The molecule has 0 aliphatic rings. The molecule has 0 fully saturated rings. The molecule has 0 spiro atoms. The second-order valence-corrected chi connectivity index (χ2v) is 5.94. The predicted octanol–water partition coefficient (Wildman–Crippen LogP) is 1.96. The van der Waals surface area contributed by atoms with E-state index in [0.717, 1.165) is 10.4 Å². The number of aromatic nitrogens is 2. The highest BCUT2D eigenvalue weighted by Gasteiger charge is 2.19. The number of nitrogens with one attached hydrogen (secondary N) is 1. The van der Waals surface area contributed by atoms with E-state index < -0.39 is 0 Å². The molecule has 0 aliphatic carbocycles. The first-order valence-electron chi connectivity index (χ1n) is 5.78. The van der Waals surface area contributed by atoms with Crippen LogP contribution in [0.1, 0.15) is 26.6 Å². The summed E-state index contributed by atoms with van der Waals surface area (Å²) in [7, 11) is 1.60. The lowest BCUT2D eigenvalue weighted by molar-refractivity contribution is 0.153. The van der Waals surface area contributed by atoms with Gasteiger partial charge in [0, 0.05) is 18.6 Å². The van der Waals surface area contributed by atoms with Crippen LogP contribution in [-0.2, 0) is 10.2 Å². The Morgan fingerprint density at radius 1 is 1.44 bits per heavy atom. The summed E-state index contributed by atoms with van der Waals surface area (Å²) in [5, 5.41) is 12.3. The lowest BCUT2D eigenvalue weighted by Crippen LogP contribution is -2.30. The Hall–Kier alpha value is -0.720. The first kappa shape index (κ1) is 15.3. The lowest BCUT2D eigenvalue weighted by Gasteiger charge is -2.20. The monoisotopic (exact) mass is 317 g/mol. The minimum Gasteiger partial charge on any atom is -0.394 e. The van der Waals surface area contributed by atoms with Crippen LogP contribution in [0.5, 0.6) is 0 Å². The summed E-state index contributed by atoms with van der Waals surface area (Å²) >= 11 is 3.37. The first-order valence-corrected chi connectivity index (χ1v) is 6.57. The maximum Gasteiger partial charge on any atom is 0.137 e. The van der Waals surface area contributed by atoms with Crippen LogP contribution in [0.3, 0.4) is 0 Å². The van der Waals surface area contributed by atoms with E-state index in [4.69, 9.17) is 4.74 Å². The molecule has 0 aliphatic heterocycles. The van der Waals surface area contributed by atoms with Gasteiger partial charge in [0.25, 0.3) is 0 Å². The molecule has 0 radical (unpaired) electrons. The Morgan fingerprint density at radius 2 is 2.11 bits per heavy atom. The second kappa shape index (κ2) is 6.45. The van der Waals surface area contributed by atoms with Crippen molar-refractivity contribution < 1.29 is 9.84 Å². The smallest absolute Gasteiger partial charge is 0.137 e. The van der Waals surface area contributed by atoms with Crippen molar-refractivity contribution in [2.24, 2.45) is 0 Å². The quantitative estimate of drug-likeness (QED) is 0.813. The van der Waals surface area contributed by atoms with Gasteiger partial charge in [0.05, 0.1) is 19.3 Å². The molecule has 1 rings (SSSR count). The summed E-state index contributed by atoms with van der Waals surface area (Å²) in [5.41, 5.74) is -0.129. The molecule has 6 heteroatoms. The molecular weight excluding hydrogens is 298 g/mol. The molecule has 0 saturated heterocycles. The summed E-state index contributed by atoms with van der Waals surface area (Å²) in [6, 6.07) is 1.61. The second-order valence-electron chi connectivity index (χ2n) is 5.13. The Bertz CT molecular complexity index is 393. The summed E-state index contributed by atoms with van der Waals surface area (Å²) in [6.07, 6.45) is 0. The zero-order valence-electron chi connectivity index (χ0n) is 11.2. The number of rotatable bonds is 5. The Balaban J connectivity index is 2.92. The van der Waals surface area contributed by atoms with Gasteiger partial charge in [-0.1, -0.05) is 20.8 Å². The van der Waals surface area contributed by atoms with Gasteiger partial charge < -0.3 is 15.2 Å². The third kappa shape index (κ3) is 4.51. The highest BCUT2D eigenvalue weighted by atomic mass is 79.9. The zero-order chi connectivity index (χ0) is 13.8. The number of hydrogen-bond donors (Lipinski definition) is 2. The van der Waals surface area contributed by atoms with Crippen LogP contribution >= 0.6 is 15.9 Å². The number of methoxy groups -OCH3 is 1. The van der Waals surface area contributed by atoms with Gasteiger partial charge in [-0.05, 0) is 15.9 Å². The van der Waals surface area contributed by atoms with Crippen molar-refractivity contribution in [3.8, 4) is 0 Å². The minimum atomic E-state index is -0.176. The van der Waals surface area contributed by atoms with Crippen molar-refractivity contribution in [1.82, 2.24) is 9.97 Å². The van der Waals surface area contributed by atoms with E-state index >= 15 is 0 Å². The van der Waals surface area contributed by atoms with Gasteiger partial charge in [0.1, 0.15) is 16.2 Å². The molecule has 0 bridgehead atoms. The maximum absolute atomic E-state index is 9.22.